The zero-order valence-corrected chi connectivity index (χ0v) is 9.62. The van der Waals surface area contributed by atoms with E-state index in [0.29, 0.717) is 6.54 Å². The number of rotatable bonds is 5. The number of carbonyl (C=O) groups is 1. The van der Waals surface area contributed by atoms with Crippen LogP contribution in [0.25, 0.3) is 0 Å². The van der Waals surface area contributed by atoms with Gasteiger partial charge in [-0.05, 0) is 43.9 Å². The molecule has 0 bridgehead atoms. The number of benzene rings is 1. The lowest BCUT2D eigenvalue weighted by atomic mass is 10.2. The van der Waals surface area contributed by atoms with Gasteiger partial charge in [-0.3, -0.25) is 4.79 Å². The van der Waals surface area contributed by atoms with Gasteiger partial charge in [0, 0.05) is 5.69 Å². The fourth-order valence-corrected chi connectivity index (χ4v) is 1.62. The van der Waals surface area contributed by atoms with Crippen molar-refractivity contribution in [1.29, 1.82) is 0 Å². The van der Waals surface area contributed by atoms with Gasteiger partial charge in [-0.2, -0.15) is 0 Å². The minimum absolute atomic E-state index is 0.0370. The maximum atomic E-state index is 11.6. The van der Waals surface area contributed by atoms with E-state index in [1.807, 2.05) is 31.2 Å². The lowest BCUT2D eigenvalue weighted by Gasteiger charge is -2.08. The number of hydrogen-bond donors (Lipinski definition) is 2. The molecule has 0 atom stereocenters. The molecule has 1 aliphatic carbocycles. The van der Waals surface area contributed by atoms with Crippen molar-refractivity contribution < 1.29 is 4.79 Å². The summed E-state index contributed by atoms with van der Waals surface area (Å²) in [4.78, 5) is 11.6. The van der Waals surface area contributed by atoms with Gasteiger partial charge in [-0.15, -0.1) is 0 Å². The Kier molecular flexibility index (Phi) is 3.57. The summed E-state index contributed by atoms with van der Waals surface area (Å²) < 4.78 is 0. The van der Waals surface area contributed by atoms with E-state index in [4.69, 9.17) is 0 Å². The van der Waals surface area contributed by atoms with Crippen molar-refractivity contribution in [3.63, 3.8) is 0 Å². The van der Waals surface area contributed by atoms with E-state index in [1.54, 1.807) is 0 Å². The first-order chi connectivity index (χ1) is 7.75. The maximum Gasteiger partial charge on any atom is 0.238 e. The number of carbonyl (C=O) groups excluding carboxylic acids is 1. The molecule has 1 amide bonds. The van der Waals surface area contributed by atoms with Crippen LogP contribution in [0.5, 0.6) is 0 Å². The molecule has 1 saturated carbocycles. The zero-order chi connectivity index (χ0) is 11.4. The van der Waals surface area contributed by atoms with Gasteiger partial charge in [-0.1, -0.05) is 18.2 Å². The molecule has 3 nitrogen and oxygen atoms in total. The monoisotopic (exact) mass is 218 g/mol. The molecular formula is C13H18N2O. The van der Waals surface area contributed by atoms with Crippen molar-refractivity contribution in [2.45, 2.75) is 19.8 Å². The first-order valence-corrected chi connectivity index (χ1v) is 5.82. The number of hydrogen-bond acceptors (Lipinski definition) is 2. The smallest absolute Gasteiger partial charge is 0.238 e. The van der Waals surface area contributed by atoms with Crippen LogP contribution in [-0.2, 0) is 4.79 Å². The summed E-state index contributed by atoms with van der Waals surface area (Å²) in [6, 6.07) is 7.82. The summed E-state index contributed by atoms with van der Waals surface area (Å²) in [5.74, 6) is 0.848. The van der Waals surface area contributed by atoms with Crippen molar-refractivity contribution in [1.82, 2.24) is 5.32 Å². The lowest BCUT2D eigenvalue weighted by Crippen LogP contribution is -2.29. The van der Waals surface area contributed by atoms with Crippen LogP contribution in [0.1, 0.15) is 18.4 Å². The van der Waals surface area contributed by atoms with Crippen molar-refractivity contribution in [2.75, 3.05) is 18.4 Å². The van der Waals surface area contributed by atoms with Crippen molar-refractivity contribution in [2.24, 2.45) is 5.92 Å². The second kappa shape index (κ2) is 5.12. The predicted molar refractivity (Wildman–Crippen MR) is 65.4 cm³/mol. The summed E-state index contributed by atoms with van der Waals surface area (Å²) in [7, 11) is 0. The van der Waals surface area contributed by atoms with Crippen LogP contribution < -0.4 is 10.6 Å². The quantitative estimate of drug-likeness (QED) is 0.793. The summed E-state index contributed by atoms with van der Waals surface area (Å²) in [6.07, 6.45) is 2.62. The molecule has 1 aromatic rings. The Labute approximate surface area is 96.2 Å². The molecule has 0 radical (unpaired) electrons. The van der Waals surface area contributed by atoms with Crippen LogP contribution in [0.2, 0.25) is 0 Å². The largest absolute Gasteiger partial charge is 0.325 e. The van der Waals surface area contributed by atoms with Gasteiger partial charge < -0.3 is 10.6 Å². The fraction of sp³-hybridized carbons (Fsp3) is 0.462. The van der Waals surface area contributed by atoms with Gasteiger partial charge in [0.25, 0.3) is 0 Å². The summed E-state index contributed by atoms with van der Waals surface area (Å²) in [5, 5.41) is 6.08. The van der Waals surface area contributed by atoms with Crippen molar-refractivity contribution in [3.8, 4) is 0 Å². The zero-order valence-electron chi connectivity index (χ0n) is 9.62. The minimum atomic E-state index is 0.0370. The van der Waals surface area contributed by atoms with E-state index in [0.717, 1.165) is 23.7 Å². The third-order valence-corrected chi connectivity index (χ3v) is 2.83. The van der Waals surface area contributed by atoms with Crippen LogP contribution in [0.15, 0.2) is 24.3 Å². The number of amides is 1. The Balaban J connectivity index is 1.75. The van der Waals surface area contributed by atoms with E-state index >= 15 is 0 Å². The fourth-order valence-electron chi connectivity index (χ4n) is 1.62. The Morgan fingerprint density at radius 2 is 2.12 bits per heavy atom. The highest BCUT2D eigenvalue weighted by atomic mass is 16.1. The van der Waals surface area contributed by atoms with Gasteiger partial charge in [-0.25, -0.2) is 0 Å². The molecule has 1 fully saturated rings. The van der Waals surface area contributed by atoms with E-state index < -0.39 is 0 Å². The van der Waals surface area contributed by atoms with Crippen LogP contribution in [0, 0.1) is 12.8 Å². The standard InChI is InChI=1S/C13H18N2O/c1-10-4-2-3-5-12(10)15-13(16)9-14-8-11-6-7-11/h2-5,11,14H,6-9H2,1H3,(H,15,16). The maximum absolute atomic E-state index is 11.6. The third-order valence-electron chi connectivity index (χ3n) is 2.83. The van der Waals surface area contributed by atoms with Gasteiger partial charge >= 0.3 is 0 Å². The second-order valence-corrected chi connectivity index (χ2v) is 4.44. The second-order valence-electron chi connectivity index (χ2n) is 4.44. The highest BCUT2D eigenvalue weighted by Crippen LogP contribution is 2.27. The highest BCUT2D eigenvalue weighted by molar-refractivity contribution is 5.92. The molecule has 2 N–H and O–H groups in total. The number of anilines is 1. The average Bonchev–Trinajstić information content (AvgIpc) is 3.05. The molecule has 86 valence electrons. The predicted octanol–water partition coefficient (Wildman–Crippen LogP) is 1.93. The molecular weight excluding hydrogens is 200 g/mol. The van der Waals surface area contributed by atoms with E-state index in [2.05, 4.69) is 10.6 Å². The Hall–Kier alpha value is -1.35. The summed E-state index contributed by atoms with van der Waals surface area (Å²) >= 11 is 0. The van der Waals surface area contributed by atoms with Crippen LogP contribution in [0.4, 0.5) is 5.69 Å². The molecule has 0 unspecified atom stereocenters. The van der Waals surface area contributed by atoms with Gasteiger partial charge in [0.1, 0.15) is 0 Å². The molecule has 3 heteroatoms. The topological polar surface area (TPSA) is 41.1 Å². The Morgan fingerprint density at radius 1 is 1.38 bits per heavy atom. The van der Waals surface area contributed by atoms with Crippen molar-refractivity contribution >= 4 is 11.6 Å². The van der Waals surface area contributed by atoms with E-state index in [9.17, 15) is 4.79 Å². The summed E-state index contributed by atoms with van der Waals surface area (Å²) in [5.41, 5.74) is 2.00. The summed E-state index contributed by atoms with van der Waals surface area (Å²) in [6.45, 7) is 3.37. The van der Waals surface area contributed by atoms with Gasteiger partial charge in [0.2, 0.25) is 5.91 Å². The molecule has 1 aromatic carbocycles. The first-order valence-electron chi connectivity index (χ1n) is 5.82. The highest BCUT2D eigenvalue weighted by Gasteiger charge is 2.20. The van der Waals surface area contributed by atoms with Gasteiger partial charge in [0.15, 0.2) is 0 Å². The molecule has 0 saturated heterocycles. The average molecular weight is 218 g/mol. The number of para-hydroxylation sites is 1. The van der Waals surface area contributed by atoms with E-state index in [-0.39, 0.29) is 5.91 Å². The van der Waals surface area contributed by atoms with Crippen LogP contribution >= 0.6 is 0 Å². The Bertz CT molecular complexity index is 372. The molecule has 1 aliphatic rings. The molecule has 2 rings (SSSR count). The van der Waals surface area contributed by atoms with Crippen LogP contribution in [-0.4, -0.2) is 19.0 Å². The third kappa shape index (κ3) is 3.35. The molecule has 0 aromatic heterocycles. The Morgan fingerprint density at radius 3 is 2.81 bits per heavy atom. The molecule has 0 heterocycles. The normalized spacial score (nSPS) is 14.8. The number of nitrogens with one attached hydrogen (secondary N) is 2. The van der Waals surface area contributed by atoms with Crippen LogP contribution in [0.3, 0.4) is 0 Å². The minimum Gasteiger partial charge on any atom is -0.325 e. The molecule has 0 spiro atoms. The van der Waals surface area contributed by atoms with Crippen molar-refractivity contribution in [3.05, 3.63) is 29.8 Å². The molecule has 0 aliphatic heterocycles. The SMILES string of the molecule is Cc1ccccc1NC(=O)CNCC1CC1. The molecule has 16 heavy (non-hydrogen) atoms. The lowest BCUT2D eigenvalue weighted by molar-refractivity contribution is -0.115. The van der Waals surface area contributed by atoms with E-state index in [1.165, 1.54) is 12.8 Å². The van der Waals surface area contributed by atoms with Gasteiger partial charge in [0.05, 0.1) is 6.54 Å². The first kappa shape index (κ1) is 11.1. The number of aryl methyl sites for hydroxylation is 1.